The lowest BCUT2D eigenvalue weighted by molar-refractivity contribution is 0.359. The summed E-state index contributed by atoms with van der Waals surface area (Å²) < 4.78 is 41.8. The molecule has 0 amide bonds. The Morgan fingerprint density at radius 3 is 2.21 bits per heavy atom. The number of rotatable bonds is 4. The third-order valence-corrected chi connectivity index (χ3v) is 4.47. The molecule has 2 unspecified atom stereocenters. The van der Waals surface area contributed by atoms with Crippen LogP contribution in [-0.2, 0) is 11.0 Å². The van der Waals surface area contributed by atoms with Crippen LogP contribution in [0.2, 0.25) is 0 Å². The number of hydrogen-bond acceptors (Lipinski definition) is 1. The Balaban J connectivity index is 2.98. The highest BCUT2D eigenvalue weighted by atomic mass is 32.2. The van der Waals surface area contributed by atoms with Gasteiger partial charge in [0, 0.05) is 17.2 Å². The predicted octanol–water partition coefficient (Wildman–Crippen LogP) is 3.97. The first-order chi connectivity index (χ1) is 8.64. The molecule has 0 bridgehead atoms. The Labute approximate surface area is 116 Å². The fourth-order valence-corrected chi connectivity index (χ4v) is 2.41. The average Bonchev–Trinajstić information content (AvgIpc) is 2.27. The van der Waals surface area contributed by atoms with Gasteiger partial charge in [0.2, 0.25) is 0 Å². The summed E-state index contributed by atoms with van der Waals surface area (Å²) in [6, 6.07) is 4.18. The van der Waals surface area contributed by atoms with E-state index in [1.165, 1.54) is 13.0 Å². The molecule has 0 fully saturated rings. The van der Waals surface area contributed by atoms with E-state index in [2.05, 4.69) is 4.72 Å². The molecule has 0 aromatic heterocycles. The largest absolute Gasteiger partial charge is 0.242 e. The number of nitrogens with one attached hydrogen (secondary N) is 1. The zero-order chi connectivity index (χ0) is 14.8. The third-order valence-electron chi connectivity index (χ3n) is 2.79. The maximum Gasteiger partial charge on any atom is 0.134 e. The van der Waals surface area contributed by atoms with Crippen LogP contribution in [0, 0.1) is 5.82 Å². The van der Waals surface area contributed by atoms with Crippen molar-refractivity contribution >= 4 is 11.0 Å². The molecule has 0 saturated carbocycles. The van der Waals surface area contributed by atoms with E-state index >= 15 is 0 Å². The first kappa shape index (κ1) is 16.2. The lowest BCUT2D eigenvalue weighted by Gasteiger charge is -2.23. The quantitative estimate of drug-likeness (QED) is 0.893. The second-order valence-corrected chi connectivity index (χ2v) is 7.58. The molecule has 0 aliphatic carbocycles. The van der Waals surface area contributed by atoms with Gasteiger partial charge in [-0.1, -0.05) is 18.2 Å². The fraction of sp³-hybridized carbons (Fsp3) is 0.571. The average molecular weight is 289 g/mol. The fourth-order valence-electron chi connectivity index (χ4n) is 1.61. The summed E-state index contributed by atoms with van der Waals surface area (Å²) in [4.78, 5) is 0. The summed E-state index contributed by atoms with van der Waals surface area (Å²) >= 11 is 0. The lowest BCUT2D eigenvalue weighted by atomic mass is 10.0. The minimum absolute atomic E-state index is 0.0349. The monoisotopic (exact) mass is 289 g/mol. The SMILES string of the molecule is CC(F)c1cccc(C(C)N[S@@](=O)C(C)(C)C)c1F. The second kappa shape index (κ2) is 6.09. The van der Waals surface area contributed by atoms with E-state index in [4.69, 9.17) is 0 Å². The standard InChI is InChI=1S/C14H21F2NOS/c1-9(15)11-7-6-8-12(13(11)16)10(2)17-19(18)14(3,4)5/h6-10,17H,1-5H3/t9?,10?,19-/m0/s1. The molecule has 0 aliphatic heterocycles. The topological polar surface area (TPSA) is 29.1 Å². The zero-order valence-electron chi connectivity index (χ0n) is 12.0. The van der Waals surface area contributed by atoms with E-state index in [1.807, 2.05) is 20.8 Å². The number of benzene rings is 1. The second-order valence-electron chi connectivity index (χ2n) is 5.59. The Morgan fingerprint density at radius 2 is 1.74 bits per heavy atom. The molecule has 108 valence electrons. The highest BCUT2D eigenvalue weighted by Gasteiger charge is 2.24. The Morgan fingerprint density at radius 1 is 1.21 bits per heavy atom. The number of alkyl halides is 1. The van der Waals surface area contributed by atoms with Crippen molar-refractivity contribution in [1.82, 2.24) is 4.72 Å². The molecule has 2 nitrogen and oxygen atoms in total. The van der Waals surface area contributed by atoms with Crippen molar-refractivity contribution in [2.24, 2.45) is 0 Å². The Bertz CT molecular complexity index is 469. The molecule has 5 heteroatoms. The first-order valence-corrected chi connectivity index (χ1v) is 7.40. The van der Waals surface area contributed by atoms with Gasteiger partial charge in [-0.15, -0.1) is 0 Å². The van der Waals surface area contributed by atoms with Gasteiger partial charge in [0.15, 0.2) is 0 Å². The van der Waals surface area contributed by atoms with Crippen molar-refractivity contribution in [3.8, 4) is 0 Å². The van der Waals surface area contributed by atoms with E-state index in [0.717, 1.165) is 0 Å². The van der Waals surface area contributed by atoms with Gasteiger partial charge in [0.05, 0.1) is 15.7 Å². The Kier molecular flexibility index (Phi) is 5.21. The summed E-state index contributed by atoms with van der Waals surface area (Å²) in [7, 11) is -1.30. The molecular weight excluding hydrogens is 268 g/mol. The molecule has 1 N–H and O–H groups in total. The van der Waals surface area contributed by atoms with Crippen molar-refractivity contribution in [2.45, 2.75) is 51.6 Å². The molecule has 0 spiro atoms. The van der Waals surface area contributed by atoms with Gasteiger partial charge in [0.1, 0.15) is 12.0 Å². The van der Waals surface area contributed by atoms with Crippen LogP contribution in [0.15, 0.2) is 18.2 Å². The minimum atomic E-state index is -1.36. The molecule has 0 aliphatic rings. The van der Waals surface area contributed by atoms with Crippen LogP contribution in [0.5, 0.6) is 0 Å². The molecule has 0 radical (unpaired) electrons. The zero-order valence-corrected chi connectivity index (χ0v) is 12.8. The summed E-state index contributed by atoms with van der Waals surface area (Å²) in [5.74, 6) is -0.566. The van der Waals surface area contributed by atoms with Crippen LogP contribution in [0.1, 0.15) is 58.0 Å². The highest BCUT2D eigenvalue weighted by Crippen LogP contribution is 2.26. The van der Waals surface area contributed by atoms with Crippen molar-refractivity contribution in [3.05, 3.63) is 35.1 Å². The van der Waals surface area contributed by atoms with Crippen molar-refractivity contribution in [1.29, 1.82) is 0 Å². The summed E-state index contributed by atoms with van der Waals surface area (Å²) in [6.45, 7) is 8.51. The predicted molar refractivity (Wildman–Crippen MR) is 75.4 cm³/mol. The molecule has 0 saturated heterocycles. The van der Waals surface area contributed by atoms with Gasteiger partial charge in [-0.05, 0) is 34.6 Å². The molecule has 19 heavy (non-hydrogen) atoms. The summed E-state index contributed by atoms with van der Waals surface area (Å²) in [6.07, 6.45) is -1.36. The van der Waals surface area contributed by atoms with Crippen molar-refractivity contribution in [2.75, 3.05) is 0 Å². The van der Waals surface area contributed by atoms with Gasteiger partial charge in [0.25, 0.3) is 0 Å². The van der Waals surface area contributed by atoms with Gasteiger partial charge in [-0.2, -0.15) is 0 Å². The van der Waals surface area contributed by atoms with Crippen molar-refractivity contribution in [3.63, 3.8) is 0 Å². The molecule has 1 aromatic rings. The molecule has 1 rings (SSSR count). The normalized spacial score (nSPS) is 17.0. The maximum atomic E-state index is 14.1. The van der Waals surface area contributed by atoms with E-state index in [9.17, 15) is 13.0 Å². The van der Waals surface area contributed by atoms with Gasteiger partial charge < -0.3 is 0 Å². The third kappa shape index (κ3) is 4.08. The molecule has 1 aromatic carbocycles. The van der Waals surface area contributed by atoms with Crippen LogP contribution in [0.4, 0.5) is 8.78 Å². The van der Waals surface area contributed by atoms with E-state index in [1.54, 1.807) is 19.1 Å². The van der Waals surface area contributed by atoms with Crippen LogP contribution in [0.25, 0.3) is 0 Å². The maximum absolute atomic E-state index is 14.1. The number of hydrogen-bond donors (Lipinski definition) is 1. The number of halogens is 2. The van der Waals surface area contributed by atoms with E-state index in [-0.39, 0.29) is 5.56 Å². The van der Waals surface area contributed by atoms with Crippen LogP contribution in [0.3, 0.4) is 0 Å². The highest BCUT2D eigenvalue weighted by molar-refractivity contribution is 7.84. The summed E-state index contributed by atoms with van der Waals surface area (Å²) in [5, 5.41) is 0. The van der Waals surface area contributed by atoms with Crippen LogP contribution in [-0.4, -0.2) is 8.96 Å². The van der Waals surface area contributed by atoms with E-state index in [0.29, 0.717) is 5.56 Å². The summed E-state index contributed by atoms with van der Waals surface area (Å²) in [5.41, 5.74) is 0.368. The smallest absolute Gasteiger partial charge is 0.134 e. The van der Waals surface area contributed by atoms with Gasteiger partial charge in [-0.25, -0.2) is 17.7 Å². The molecular formula is C14H21F2NOS. The van der Waals surface area contributed by atoms with E-state index < -0.39 is 33.8 Å². The Hall–Kier alpha value is -0.810. The van der Waals surface area contributed by atoms with Crippen LogP contribution >= 0.6 is 0 Å². The van der Waals surface area contributed by atoms with Gasteiger partial charge in [-0.3, -0.25) is 0 Å². The molecule has 0 heterocycles. The van der Waals surface area contributed by atoms with Crippen molar-refractivity contribution < 1.29 is 13.0 Å². The lowest BCUT2D eigenvalue weighted by Crippen LogP contribution is -2.35. The molecule has 3 atom stereocenters. The minimum Gasteiger partial charge on any atom is -0.242 e. The first-order valence-electron chi connectivity index (χ1n) is 6.25. The van der Waals surface area contributed by atoms with Gasteiger partial charge >= 0.3 is 0 Å². The van der Waals surface area contributed by atoms with Crippen LogP contribution < -0.4 is 4.72 Å².